The predicted molar refractivity (Wildman–Crippen MR) is 87.5 cm³/mol. The molecule has 2 amide bonds. The number of nitrogens with two attached hydrogens (primary N) is 2. The van der Waals surface area contributed by atoms with Gasteiger partial charge in [-0.15, -0.1) is 11.3 Å². The van der Waals surface area contributed by atoms with E-state index in [9.17, 15) is 9.59 Å². The van der Waals surface area contributed by atoms with E-state index in [2.05, 4.69) is 21.2 Å². The molecule has 5 nitrogen and oxygen atoms in total. The summed E-state index contributed by atoms with van der Waals surface area (Å²) in [6.07, 6.45) is 0. The summed E-state index contributed by atoms with van der Waals surface area (Å²) in [5.74, 6) is -1.21. The van der Waals surface area contributed by atoms with Crippen LogP contribution in [0.3, 0.4) is 0 Å². The van der Waals surface area contributed by atoms with Crippen LogP contribution in [0.5, 0.6) is 0 Å². The Morgan fingerprint density at radius 2 is 1.76 bits per heavy atom. The van der Waals surface area contributed by atoms with Crippen molar-refractivity contribution >= 4 is 44.8 Å². The first-order valence-corrected chi connectivity index (χ1v) is 7.80. The van der Waals surface area contributed by atoms with Crippen LogP contribution in [-0.2, 0) is 0 Å². The molecule has 0 aliphatic carbocycles. The number of rotatable bonds is 5. The van der Waals surface area contributed by atoms with Crippen molar-refractivity contribution in [3.05, 3.63) is 50.1 Å². The van der Waals surface area contributed by atoms with E-state index in [1.165, 1.54) is 6.07 Å². The predicted octanol–water partition coefficient (Wildman–Crippen LogP) is 2.88. The Balaban J connectivity index is 2.33. The zero-order chi connectivity index (χ0) is 15.6. The highest BCUT2D eigenvalue weighted by atomic mass is 79.9. The Bertz CT molecular complexity index is 667. The molecule has 2 aromatic rings. The van der Waals surface area contributed by atoms with E-state index in [0.717, 1.165) is 9.35 Å². The maximum atomic E-state index is 11.3. The second-order valence-electron chi connectivity index (χ2n) is 4.53. The Labute approximate surface area is 134 Å². The van der Waals surface area contributed by atoms with E-state index >= 15 is 0 Å². The Morgan fingerprint density at radius 1 is 1.19 bits per heavy atom. The average molecular weight is 368 g/mol. The minimum absolute atomic E-state index is 0.00299. The summed E-state index contributed by atoms with van der Waals surface area (Å²) in [5.41, 5.74) is 11.7. The van der Waals surface area contributed by atoms with Gasteiger partial charge < -0.3 is 16.8 Å². The summed E-state index contributed by atoms with van der Waals surface area (Å²) in [6, 6.07) is 6.57. The van der Waals surface area contributed by atoms with Crippen LogP contribution in [0.15, 0.2) is 34.1 Å². The van der Waals surface area contributed by atoms with Gasteiger partial charge in [0.15, 0.2) is 0 Å². The number of hydrogen-bond donors (Lipinski definition) is 3. The number of hydrogen-bond acceptors (Lipinski definition) is 4. The molecule has 1 aromatic carbocycles. The molecule has 0 saturated heterocycles. The summed E-state index contributed by atoms with van der Waals surface area (Å²) in [7, 11) is 0. The fourth-order valence-electron chi connectivity index (χ4n) is 1.93. The molecule has 0 fully saturated rings. The monoisotopic (exact) mass is 367 g/mol. The van der Waals surface area contributed by atoms with Gasteiger partial charge in [-0.3, -0.25) is 9.59 Å². The number of nitrogens with one attached hydrogen (secondary N) is 1. The molecule has 1 aromatic heterocycles. The second kappa shape index (κ2) is 6.28. The van der Waals surface area contributed by atoms with Crippen molar-refractivity contribution in [1.82, 2.24) is 0 Å². The van der Waals surface area contributed by atoms with E-state index in [-0.39, 0.29) is 17.2 Å². The zero-order valence-electron chi connectivity index (χ0n) is 11.2. The third-order valence-corrected chi connectivity index (χ3v) is 4.98. The number of halogens is 1. The molecular weight excluding hydrogens is 354 g/mol. The van der Waals surface area contributed by atoms with Crippen LogP contribution in [0.2, 0.25) is 0 Å². The van der Waals surface area contributed by atoms with Crippen molar-refractivity contribution in [3.63, 3.8) is 0 Å². The van der Waals surface area contributed by atoms with E-state index in [1.54, 1.807) is 23.5 Å². The van der Waals surface area contributed by atoms with E-state index < -0.39 is 11.8 Å². The number of anilines is 1. The first-order valence-electron chi connectivity index (χ1n) is 6.12. The minimum atomic E-state index is -0.605. The summed E-state index contributed by atoms with van der Waals surface area (Å²) in [6.45, 7) is 1.98. The summed E-state index contributed by atoms with van der Waals surface area (Å²) >= 11 is 5.08. The number of benzene rings is 1. The molecule has 1 heterocycles. The van der Waals surface area contributed by atoms with Crippen molar-refractivity contribution in [2.75, 3.05) is 5.32 Å². The summed E-state index contributed by atoms with van der Waals surface area (Å²) in [5, 5.41) is 5.22. The fraction of sp³-hybridized carbons (Fsp3) is 0.143. The fourth-order valence-corrected chi connectivity index (χ4v) is 3.65. The van der Waals surface area contributed by atoms with Crippen LogP contribution in [-0.4, -0.2) is 11.8 Å². The third-order valence-electron chi connectivity index (χ3n) is 2.92. The Kier molecular flexibility index (Phi) is 4.64. The highest BCUT2D eigenvalue weighted by Crippen LogP contribution is 2.31. The molecular formula is C14H14BrN3O2S. The zero-order valence-corrected chi connectivity index (χ0v) is 13.6. The molecule has 0 bridgehead atoms. The van der Waals surface area contributed by atoms with E-state index in [0.29, 0.717) is 5.69 Å². The van der Waals surface area contributed by atoms with Crippen LogP contribution < -0.4 is 16.8 Å². The molecule has 0 radical (unpaired) electrons. The van der Waals surface area contributed by atoms with Crippen LogP contribution in [0, 0.1) is 0 Å². The number of amides is 2. The highest BCUT2D eigenvalue weighted by molar-refractivity contribution is 9.10. The van der Waals surface area contributed by atoms with Crippen LogP contribution in [0.1, 0.15) is 38.6 Å². The lowest BCUT2D eigenvalue weighted by molar-refractivity contribution is 0.0999. The first-order chi connectivity index (χ1) is 9.88. The highest BCUT2D eigenvalue weighted by Gasteiger charge is 2.14. The van der Waals surface area contributed by atoms with Gasteiger partial charge in [0, 0.05) is 26.2 Å². The third kappa shape index (κ3) is 3.62. The molecule has 0 saturated carbocycles. The van der Waals surface area contributed by atoms with Gasteiger partial charge in [0.2, 0.25) is 11.8 Å². The maximum Gasteiger partial charge on any atom is 0.248 e. The second-order valence-corrected chi connectivity index (χ2v) is 6.33. The van der Waals surface area contributed by atoms with Crippen LogP contribution in [0.25, 0.3) is 0 Å². The first kappa shape index (κ1) is 15.5. The lowest BCUT2D eigenvalue weighted by atomic mass is 10.1. The minimum Gasteiger partial charge on any atom is -0.378 e. The van der Waals surface area contributed by atoms with Gasteiger partial charge in [-0.05, 0) is 52.5 Å². The lowest BCUT2D eigenvalue weighted by Crippen LogP contribution is -2.17. The molecule has 2 rings (SSSR count). The molecule has 0 spiro atoms. The standard InChI is InChI=1S/C14H14BrN3O2S/c1-7(12-11(15)2-3-21-12)18-10-5-8(13(16)19)4-9(6-10)14(17)20/h2-7,18H,1H3,(H2,16,19)(H2,17,20). The summed E-state index contributed by atoms with van der Waals surface area (Å²) < 4.78 is 1.01. The normalized spacial score (nSPS) is 11.9. The van der Waals surface area contributed by atoms with Crippen molar-refractivity contribution in [1.29, 1.82) is 0 Å². The molecule has 110 valence electrons. The molecule has 0 aliphatic rings. The van der Waals surface area contributed by atoms with Crippen molar-refractivity contribution in [2.24, 2.45) is 11.5 Å². The smallest absolute Gasteiger partial charge is 0.248 e. The van der Waals surface area contributed by atoms with Gasteiger partial charge in [-0.25, -0.2) is 0 Å². The number of thiophene rings is 1. The molecule has 7 heteroatoms. The van der Waals surface area contributed by atoms with Gasteiger partial charge in [0.25, 0.3) is 0 Å². The quantitative estimate of drug-likeness (QED) is 0.757. The molecule has 1 unspecified atom stereocenters. The number of carbonyl (C=O) groups excluding carboxylic acids is 2. The molecule has 21 heavy (non-hydrogen) atoms. The molecule has 1 atom stereocenters. The van der Waals surface area contributed by atoms with Gasteiger partial charge in [-0.1, -0.05) is 0 Å². The van der Waals surface area contributed by atoms with Crippen LogP contribution >= 0.6 is 27.3 Å². The van der Waals surface area contributed by atoms with Gasteiger partial charge in [0.05, 0.1) is 6.04 Å². The Morgan fingerprint density at radius 3 is 2.19 bits per heavy atom. The van der Waals surface area contributed by atoms with Crippen LogP contribution in [0.4, 0.5) is 5.69 Å². The molecule has 0 aliphatic heterocycles. The lowest BCUT2D eigenvalue weighted by Gasteiger charge is -2.16. The number of primary amides is 2. The Hall–Kier alpha value is -1.86. The van der Waals surface area contributed by atoms with Gasteiger partial charge >= 0.3 is 0 Å². The van der Waals surface area contributed by atoms with E-state index in [4.69, 9.17) is 11.5 Å². The van der Waals surface area contributed by atoms with Gasteiger partial charge in [0.1, 0.15) is 0 Å². The average Bonchev–Trinajstić information content (AvgIpc) is 2.84. The summed E-state index contributed by atoms with van der Waals surface area (Å²) in [4.78, 5) is 23.8. The van der Waals surface area contributed by atoms with Crippen molar-refractivity contribution in [3.8, 4) is 0 Å². The topological polar surface area (TPSA) is 98.2 Å². The number of carbonyl (C=O) groups is 2. The maximum absolute atomic E-state index is 11.3. The molecule has 5 N–H and O–H groups in total. The van der Waals surface area contributed by atoms with Crippen molar-refractivity contribution in [2.45, 2.75) is 13.0 Å². The largest absolute Gasteiger partial charge is 0.378 e. The SMILES string of the molecule is CC(Nc1cc(C(N)=O)cc(C(N)=O)c1)c1sccc1Br. The van der Waals surface area contributed by atoms with Gasteiger partial charge in [-0.2, -0.15) is 0 Å². The van der Waals surface area contributed by atoms with E-state index in [1.807, 2.05) is 18.4 Å². The van der Waals surface area contributed by atoms with Crippen molar-refractivity contribution < 1.29 is 9.59 Å².